The lowest BCUT2D eigenvalue weighted by Crippen LogP contribution is -2.58. The molecule has 2 bridgehead atoms. The van der Waals surface area contributed by atoms with E-state index in [4.69, 9.17) is 0 Å². The Labute approximate surface area is 238 Å². The third-order valence-corrected chi connectivity index (χ3v) is 11.6. The maximum Gasteiger partial charge on any atom is 0.251 e. The normalized spacial score (nSPS) is 30.2. The smallest absolute Gasteiger partial charge is 0.251 e. The molecule has 7 atom stereocenters. The number of aliphatic hydroxyl groups excluding tert-OH is 1. The van der Waals surface area contributed by atoms with Gasteiger partial charge in [0.1, 0.15) is 6.04 Å². The number of fused-ring (bicyclic) bond motifs is 1. The molecule has 4 rings (SSSR count). The number of hydrogen-bond acceptors (Lipinski definition) is 5. The Morgan fingerprint density at radius 1 is 1.26 bits per heavy atom. The molecule has 3 amide bonds. The quantitative estimate of drug-likeness (QED) is 0.326. The highest BCUT2D eigenvalue weighted by molar-refractivity contribution is 9.09. The number of nitrogens with zero attached hydrogens (tertiary/aromatic N) is 3. The Hall–Kier alpha value is -2.10. The summed E-state index contributed by atoms with van der Waals surface area (Å²) in [5.41, 5.74) is 2.76. The fourth-order valence-electron chi connectivity index (χ4n) is 6.57. The Balaban J connectivity index is 1.86. The predicted molar refractivity (Wildman–Crippen MR) is 157 cm³/mol. The molecule has 3 heterocycles. The fraction of sp³-hybridized carbons (Fsp3) is 0.552. The van der Waals surface area contributed by atoms with E-state index in [0.29, 0.717) is 19.4 Å². The first-order valence-electron chi connectivity index (χ1n) is 13.2. The molecule has 3 saturated heterocycles. The lowest BCUT2D eigenvalue weighted by molar-refractivity contribution is -0.144. The molecule has 38 heavy (non-hydrogen) atoms. The van der Waals surface area contributed by atoms with Crippen LogP contribution in [0.15, 0.2) is 43.5 Å². The molecule has 206 valence electrons. The number of carbonyl (C=O) groups is 3. The lowest BCUT2D eigenvalue weighted by Gasteiger charge is -2.40. The highest BCUT2D eigenvalue weighted by Gasteiger charge is 2.76. The maximum absolute atomic E-state index is 14.7. The van der Waals surface area contributed by atoms with E-state index < -0.39 is 28.7 Å². The fourth-order valence-corrected chi connectivity index (χ4v) is 10.2. The van der Waals surface area contributed by atoms with Gasteiger partial charge in [-0.3, -0.25) is 14.4 Å². The number of likely N-dealkylation sites (N-methyl/N-ethyl adjacent to an activating group) is 1. The average molecular weight is 605 g/mol. The zero-order valence-corrected chi connectivity index (χ0v) is 25.0. The topological polar surface area (TPSA) is 81.2 Å². The molecule has 3 aliphatic heterocycles. The average Bonchev–Trinajstić information content (AvgIpc) is 3.48. The van der Waals surface area contributed by atoms with Crippen molar-refractivity contribution in [1.29, 1.82) is 0 Å². The molecule has 0 saturated carbocycles. The van der Waals surface area contributed by atoms with Crippen molar-refractivity contribution in [2.45, 2.75) is 60.5 Å². The van der Waals surface area contributed by atoms with Gasteiger partial charge in [0.25, 0.3) is 5.91 Å². The summed E-state index contributed by atoms with van der Waals surface area (Å²) < 4.78 is -0.776. The number of benzene rings is 1. The summed E-state index contributed by atoms with van der Waals surface area (Å²) in [7, 11) is 1.73. The second-order valence-corrected chi connectivity index (χ2v) is 13.4. The molecule has 3 unspecified atom stereocenters. The molecular formula is C29H38BrN3O4S. The number of halogens is 1. The first-order valence-corrected chi connectivity index (χ1v) is 15.0. The number of aliphatic hydroxyl groups is 1. The van der Waals surface area contributed by atoms with Gasteiger partial charge in [-0.2, -0.15) is 0 Å². The molecule has 1 N–H and O–H groups in total. The van der Waals surface area contributed by atoms with Gasteiger partial charge in [-0.05, 0) is 43.9 Å². The summed E-state index contributed by atoms with van der Waals surface area (Å²) in [6, 6.07) is 4.66. The third kappa shape index (κ3) is 4.44. The van der Waals surface area contributed by atoms with Crippen LogP contribution < -0.4 is 4.90 Å². The van der Waals surface area contributed by atoms with Gasteiger partial charge in [0, 0.05) is 35.9 Å². The predicted octanol–water partition coefficient (Wildman–Crippen LogP) is 3.70. The Kier molecular flexibility index (Phi) is 8.50. The van der Waals surface area contributed by atoms with Crippen molar-refractivity contribution in [3.8, 4) is 0 Å². The van der Waals surface area contributed by atoms with E-state index in [1.807, 2.05) is 39.0 Å². The minimum Gasteiger partial charge on any atom is -0.394 e. The van der Waals surface area contributed by atoms with Gasteiger partial charge in [-0.1, -0.05) is 47.1 Å². The summed E-state index contributed by atoms with van der Waals surface area (Å²) in [6.07, 6.45) is 4.46. The number of anilines is 1. The van der Waals surface area contributed by atoms with E-state index in [1.165, 1.54) is 0 Å². The molecule has 9 heteroatoms. The Morgan fingerprint density at radius 2 is 1.95 bits per heavy atom. The van der Waals surface area contributed by atoms with Gasteiger partial charge >= 0.3 is 0 Å². The number of rotatable bonds is 10. The molecule has 7 nitrogen and oxygen atoms in total. The van der Waals surface area contributed by atoms with Gasteiger partial charge in [0.2, 0.25) is 11.8 Å². The Morgan fingerprint density at radius 3 is 2.55 bits per heavy atom. The highest BCUT2D eigenvalue weighted by Crippen LogP contribution is 2.68. The van der Waals surface area contributed by atoms with Crippen LogP contribution in [0.3, 0.4) is 0 Å². The van der Waals surface area contributed by atoms with Crippen molar-refractivity contribution in [3.63, 3.8) is 0 Å². The SMILES string of the molecule is C=CCN(C)C(=O)[C@H]1[C@H]2C(=O)N([C@@H](CC)CO)C(C(=O)N(CC=C)c3cc(C)ccc3C)C23CC(Br)[C@@H]1S3. The first-order chi connectivity index (χ1) is 18.1. The molecule has 0 aliphatic carbocycles. The second kappa shape index (κ2) is 11.2. The van der Waals surface area contributed by atoms with Gasteiger partial charge in [0.05, 0.1) is 29.2 Å². The number of amides is 3. The van der Waals surface area contributed by atoms with Gasteiger partial charge in [-0.25, -0.2) is 0 Å². The summed E-state index contributed by atoms with van der Waals surface area (Å²) in [5, 5.41) is 10.2. The summed E-state index contributed by atoms with van der Waals surface area (Å²) in [4.78, 5) is 47.6. The van der Waals surface area contributed by atoms with Gasteiger partial charge in [-0.15, -0.1) is 24.9 Å². The van der Waals surface area contributed by atoms with Crippen LogP contribution in [0.4, 0.5) is 5.69 Å². The van der Waals surface area contributed by atoms with Gasteiger partial charge in [0.15, 0.2) is 0 Å². The zero-order valence-electron chi connectivity index (χ0n) is 22.6. The number of hydrogen-bond donors (Lipinski definition) is 1. The van der Waals surface area contributed by atoms with Crippen molar-refractivity contribution in [2.75, 3.05) is 31.6 Å². The van der Waals surface area contributed by atoms with Crippen molar-refractivity contribution in [3.05, 3.63) is 54.6 Å². The minimum absolute atomic E-state index is 0.0133. The van der Waals surface area contributed by atoms with Crippen LogP contribution in [-0.2, 0) is 14.4 Å². The van der Waals surface area contributed by atoms with E-state index in [0.717, 1.165) is 16.8 Å². The second-order valence-electron chi connectivity index (χ2n) is 10.7. The summed E-state index contributed by atoms with van der Waals surface area (Å²) in [5.74, 6) is -1.69. The molecule has 0 radical (unpaired) electrons. The summed E-state index contributed by atoms with van der Waals surface area (Å²) >= 11 is 5.43. The molecule has 1 spiro atoms. The molecule has 3 aliphatic rings. The number of thioether (sulfide) groups is 1. The maximum atomic E-state index is 14.7. The van der Waals surface area contributed by atoms with Crippen molar-refractivity contribution >= 4 is 51.1 Å². The zero-order chi connectivity index (χ0) is 27.9. The minimum atomic E-state index is -0.811. The van der Waals surface area contributed by atoms with Crippen LogP contribution >= 0.6 is 27.7 Å². The van der Waals surface area contributed by atoms with Crippen LogP contribution in [0.2, 0.25) is 0 Å². The van der Waals surface area contributed by atoms with Crippen molar-refractivity contribution in [1.82, 2.24) is 9.80 Å². The molecule has 0 aromatic heterocycles. The lowest BCUT2D eigenvalue weighted by atomic mass is 9.70. The highest BCUT2D eigenvalue weighted by atomic mass is 79.9. The molecule has 1 aromatic carbocycles. The standard InChI is InChI=1S/C29H38BrN3O4S/c1-7-12-31(6)26(35)22-23-27(36)33(19(9-3)16-34)25(29(23)15-20(30)24(22)38-29)28(37)32(13-8-2)21-14-17(4)10-11-18(21)5/h7-8,10-11,14,19-20,22-25,34H,1-2,9,12-13,15-16H2,3-6H3/t19-,20?,22-,23-,24-,25?,29?/m0/s1. The van der Waals surface area contributed by atoms with Crippen LogP contribution in [-0.4, -0.2) is 86.3 Å². The third-order valence-electron chi connectivity index (χ3n) is 8.33. The van der Waals surface area contributed by atoms with Crippen LogP contribution in [0.25, 0.3) is 0 Å². The number of carbonyl (C=O) groups excluding carboxylic acids is 3. The molecular weight excluding hydrogens is 566 g/mol. The summed E-state index contributed by atoms with van der Waals surface area (Å²) in [6.45, 7) is 13.9. The largest absolute Gasteiger partial charge is 0.394 e. The van der Waals surface area contributed by atoms with Crippen LogP contribution in [0.5, 0.6) is 0 Å². The number of aryl methyl sites for hydroxylation is 2. The number of likely N-dealkylation sites (tertiary alicyclic amines) is 1. The van der Waals surface area contributed by atoms with E-state index in [2.05, 4.69) is 29.1 Å². The van der Waals surface area contributed by atoms with Crippen molar-refractivity contribution < 1.29 is 19.5 Å². The first kappa shape index (κ1) is 28.9. The molecule has 1 aromatic rings. The monoisotopic (exact) mass is 603 g/mol. The Bertz CT molecular complexity index is 1140. The van der Waals surface area contributed by atoms with E-state index in [1.54, 1.807) is 45.7 Å². The van der Waals surface area contributed by atoms with E-state index in [-0.39, 0.29) is 41.0 Å². The van der Waals surface area contributed by atoms with E-state index in [9.17, 15) is 19.5 Å². The van der Waals surface area contributed by atoms with Gasteiger partial charge < -0.3 is 19.8 Å². The van der Waals surface area contributed by atoms with E-state index >= 15 is 0 Å². The van der Waals surface area contributed by atoms with Crippen LogP contribution in [0, 0.1) is 25.7 Å². The van der Waals surface area contributed by atoms with Crippen LogP contribution in [0.1, 0.15) is 30.9 Å². The number of alkyl halides is 1. The molecule has 3 fully saturated rings. The van der Waals surface area contributed by atoms with Crippen molar-refractivity contribution in [2.24, 2.45) is 11.8 Å².